The van der Waals surface area contributed by atoms with E-state index in [2.05, 4.69) is 42.5 Å². The second-order valence-corrected chi connectivity index (χ2v) is 6.25. The van der Waals surface area contributed by atoms with Crippen molar-refractivity contribution in [2.45, 2.75) is 32.0 Å². The summed E-state index contributed by atoms with van der Waals surface area (Å²) in [7, 11) is 0. The number of rotatable bonds is 4. The molecule has 1 saturated carbocycles. The third-order valence-electron chi connectivity index (χ3n) is 4.61. The van der Waals surface area contributed by atoms with E-state index in [1.165, 1.54) is 35.8 Å². The SMILES string of the molecule is OCc1ccc2cc(-c3cccc(OC4CCC4)c3)ccc2c1. The third-order valence-corrected chi connectivity index (χ3v) is 4.61. The number of fused-ring (bicyclic) bond motifs is 1. The lowest BCUT2D eigenvalue weighted by Crippen LogP contribution is -2.24. The molecule has 0 aromatic heterocycles. The molecule has 0 radical (unpaired) electrons. The molecule has 0 saturated heterocycles. The minimum atomic E-state index is 0.0816. The predicted molar refractivity (Wildman–Crippen MR) is 93.6 cm³/mol. The number of ether oxygens (including phenoxy) is 1. The molecule has 3 aromatic rings. The van der Waals surface area contributed by atoms with Crippen LogP contribution in [-0.2, 0) is 6.61 Å². The maximum absolute atomic E-state index is 9.24. The molecule has 0 unspecified atom stereocenters. The molecule has 0 atom stereocenters. The number of hydrogen-bond acceptors (Lipinski definition) is 2. The summed E-state index contributed by atoms with van der Waals surface area (Å²) in [5.74, 6) is 0.961. The lowest BCUT2D eigenvalue weighted by molar-refractivity contribution is 0.120. The first kappa shape index (κ1) is 14.3. The lowest BCUT2D eigenvalue weighted by Gasteiger charge is -2.26. The van der Waals surface area contributed by atoms with Crippen molar-refractivity contribution < 1.29 is 9.84 Å². The molecule has 116 valence electrons. The smallest absolute Gasteiger partial charge is 0.120 e. The first-order chi connectivity index (χ1) is 11.3. The highest BCUT2D eigenvalue weighted by atomic mass is 16.5. The van der Waals surface area contributed by atoms with Crippen LogP contribution in [0.5, 0.6) is 5.75 Å². The van der Waals surface area contributed by atoms with E-state index in [1.807, 2.05) is 18.2 Å². The Morgan fingerprint density at radius 2 is 1.65 bits per heavy atom. The Bertz CT molecular complexity index is 834. The van der Waals surface area contributed by atoms with Crippen LogP contribution in [0, 0.1) is 0 Å². The Morgan fingerprint density at radius 1 is 0.870 bits per heavy atom. The molecule has 3 aromatic carbocycles. The summed E-state index contributed by atoms with van der Waals surface area (Å²) >= 11 is 0. The van der Waals surface area contributed by atoms with Gasteiger partial charge in [-0.3, -0.25) is 0 Å². The monoisotopic (exact) mass is 304 g/mol. The van der Waals surface area contributed by atoms with E-state index < -0.39 is 0 Å². The van der Waals surface area contributed by atoms with Gasteiger partial charge >= 0.3 is 0 Å². The van der Waals surface area contributed by atoms with Crippen LogP contribution in [0.2, 0.25) is 0 Å². The van der Waals surface area contributed by atoms with E-state index in [-0.39, 0.29) is 6.61 Å². The fourth-order valence-electron chi connectivity index (χ4n) is 3.00. The number of aliphatic hydroxyl groups is 1. The van der Waals surface area contributed by atoms with Gasteiger partial charge in [-0.2, -0.15) is 0 Å². The average molecular weight is 304 g/mol. The number of aliphatic hydroxyl groups excluding tert-OH is 1. The molecule has 0 spiro atoms. The van der Waals surface area contributed by atoms with Gasteiger partial charge in [-0.05, 0) is 71.0 Å². The van der Waals surface area contributed by atoms with Crippen LogP contribution in [0.4, 0.5) is 0 Å². The van der Waals surface area contributed by atoms with E-state index in [1.54, 1.807) is 0 Å². The maximum atomic E-state index is 9.24. The lowest BCUT2D eigenvalue weighted by atomic mass is 9.96. The summed E-state index contributed by atoms with van der Waals surface area (Å²) in [6, 6.07) is 20.9. The first-order valence-electron chi connectivity index (χ1n) is 8.22. The van der Waals surface area contributed by atoms with Gasteiger partial charge < -0.3 is 9.84 Å². The minimum absolute atomic E-state index is 0.0816. The number of benzene rings is 3. The first-order valence-corrected chi connectivity index (χ1v) is 8.22. The molecule has 0 heterocycles. The van der Waals surface area contributed by atoms with Crippen molar-refractivity contribution in [1.82, 2.24) is 0 Å². The average Bonchev–Trinajstić information content (AvgIpc) is 2.57. The zero-order chi connectivity index (χ0) is 15.6. The Morgan fingerprint density at radius 3 is 2.43 bits per heavy atom. The zero-order valence-corrected chi connectivity index (χ0v) is 13.0. The standard InChI is InChI=1S/C21H20O2/c22-14-15-7-8-18-12-19(10-9-17(18)11-15)16-3-1-6-21(13-16)23-20-4-2-5-20/h1,3,6-13,20,22H,2,4-5,14H2. The van der Waals surface area contributed by atoms with Crippen LogP contribution >= 0.6 is 0 Å². The molecule has 23 heavy (non-hydrogen) atoms. The fourth-order valence-corrected chi connectivity index (χ4v) is 3.00. The van der Waals surface area contributed by atoms with Gasteiger partial charge in [-0.25, -0.2) is 0 Å². The van der Waals surface area contributed by atoms with Gasteiger partial charge in [0.2, 0.25) is 0 Å². The van der Waals surface area contributed by atoms with Crippen molar-refractivity contribution in [2.75, 3.05) is 0 Å². The third kappa shape index (κ3) is 2.95. The van der Waals surface area contributed by atoms with E-state index in [0.29, 0.717) is 6.10 Å². The second-order valence-electron chi connectivity index (χ2n) is 6.25. The van der Waals surface area contributed by atoms with Crippen LogP contribution in [0.3, 0.4) is 0 Å². The quantitative estimate of drug-likeness (QED) is 0.740. The summed E-state index contributed by atoms with van der Waals surface area (Å²) in [5.41, 5.74) is 3.31. The van der Waals surface area contributed by atoms with Crippen molar-refractivity contribution in [3.05, 3.63) is 66.2 Å². The highest BCUT2D eigenvalue weighted by molar-refractivity contribution is 5.88. The summed E-state index contributed by atoms with van der Waals surface area (Å²) in [5, 5.41) is 11.6. The zero-order valence-electron chi connectivity index (χ0n) is 13.0. The molecule has 0 amide bonds. The maximum Gasteiger partial charge on any atom is 0.120 e. The highest BCUT2D eigenvalue weighted by Crippen LogP contribution is 2.30. The van der Waals surface area contributed by atoms with Crippen LogP contribution in [0.15, 0.2) is 60.7 Å². The van der Waals surface area contributed by atoms with Crippen LogP contribution in [-0.4, -0.2) is 11.2 Å². The van der Waals surface area contributed by atoms with Gasteiger partial charge in [0.15, 0.2) is 0 Å². The van der Waals surface area contributed by atoms with Gasteiger partial charge in [0.1, 0.15) is 5.75 Å². The van der Waals surface area contributed by atoms with Gasteiger partial charge in [0, 0.05) is 0 Å². The van der Waals surface area contributed by atoms with Crippen molar-refractivity contribution in [3.8, 4) is 16.9 Å². The van der Waals surface area contributed by atoms with Crippen molar-refractivity contribution in [3.63, 3.8) is 0 Å². The van der Waals surface area contributed by atoms with E-state index >= 15 is 0 Å². The fraction of sp³-hybridized carbons (Fsp3) is 0.238. The Balaban J connectivity index is 1.66. The van der Waals surface area contributed by atoms with Gasteiger partial charge in [-0.1, -0.05) is 36.4 Å². The molecule has 2 nitrogen and oxygen atoms in total. The second kappa shape index (κ2) is 6.05. The van der Waals surface area contributed by atoms with Crippen LogP contribution in [0.25, 0.3) is 21.9 Å². The molecular formula is C21H20O2. The largest absolute Gasteiger partial charge is 0.490 e. The Labute approximate surface area is 136 Å². The molecular weight excluding hydrogens is 284 g/mol. The van der Waals surface area contributed by atoms with Crippen LogP contribution < -0.4 is 4.74 Å². The summed E-state index contributed by atoms with van der Waals surface area (Å²) < 4.78 is 6.00. The molecule has 4 rings (SSSR count). The molecule has 0 aliphatic heterocycles. The molecule has 1 aliphatic rings. The Hall–Kier alpha value is -2.32. The molecule has 2 heteroatoms. The molecule has 0 bridgehead atoms. The van der Waals surface area contributed by atoms with Crippen molar-refractivity contribution >= 4 is 10.8 Å². The van der Waals surface area contributed by atoms with Gasteiger partial charge in [0.05, 0.1) is 12.7 Å². The molecule has 1 fully saturated rings. The number of hydrogen-bond donors (Lipinski definition) is 1. The van der Waals surface area contributed by atoms with Gasteiger partial charge in [-0.15, -0.1) is 0 Å². The van der Waals surface area contributed by atoms with Crippen LogP contribution in [0.1, 0.15) is 24.8 Å². The van der Waals surface area contributed by atoms with E-state index in [9.17, 15) is 5.11 Å². The van der Waals surface area contributed by atoms with E-state index in [4.69, 9.17) is 4.74 Å². The summed E-state index contributed by atoms with van der Waals surface area (Å²) in [4.78, 5) is 0. The molecule has 1 aliphatic carbocycles. The van der Waals surface area contributed by atoms with E-state index in [0.717, 1.165) is 16.7 Å². The van der Waals surface area contributed by atoms with Crippen molar-refractivity contribution in [2.24, 2.45) is 0 Å². The Kier molecular flexibility index (Phi) is 3.76. The van der Waals surface area contributed by atoms with Crippen molar-refractivity contribution in [1.29, 1.82) is 0 Å². The predicted octanol–water partition coefficient (Wildman–Crippen LogP) is 4.93. The highest BCUT2D eigenvalue weighted by Gasteiger charge is 2.19. The minimum Gasteiger partial charge on any atom is -0.490 e. The topological polar surface area (TPSA) is 29.5 Å². The summed E-state index contributed by atoms with van der Waals surface area (Å²) in [6.45, 7) is 0.0816. The normalized spacial score (nSPS) is 14.7. The summed E-state index contributed by atoms with van der Waals surface area (Å²) in [6.07, 6.45) is 4.03. The molecule has 1 N–H and O–H groups in total. The van der Waals surface area contributed by atoms with Gasteiger partial charge in [0.25, 0.3) is 0 Å².